The molecule has 0 aliphatic rings. The van der Waals surface area contributed by atoms with Crippen LogP contribution in [0.2, 0.25) is 0 Å². The first-order valence-electron chi connectivity index (χ1n) is 5.24. The topological polar surface area (TPSA) is 34.1 Å². The zero-order valence-corrected chi connectivity index (χ0v) is 8.77. The number of Topliss-reactive ketones (excluding diaryl/α,β-unsaturated/α-hetero) is 2. The van der Waals surface area contributed by atoms with Gasteiger partial charge in [-0.25, -0.2) is 0 Å². The fourth-order valence-corrected chi connectivity index (χ4v) is 1.22. The first kappa shape index (κ1) is 12.3. The van der Waals surface area contributed by atoms with Crippen molar-refractivity contribution in [2.24, 2.45) is 0 Å². The van der Waals surface area contributed by atoms with Gasteiger partial charge < -0.3 is 0 Å². The van der Waals surface area contributed by atoms with Crippen LogP contribution in [-0.4, -0.2) is 11.6 Å². The molecule has 0 spiro atoms. The second-order valence-corrected chi connectivity index (χ2v) is 3.39. The van der Waals surface area contributed by atoms with E-state index < -0.39 is 0 Å². The minimum absolute atomic E-state index is 0.308. The standard InChI is InChI=1S/C11H20O2/c1-3-7-11(13)9-6-5-8-10(12)4-2/h3-9H2,1-2H3. The van der Waals surface area contributed by atoms with E-state index in [-0.39, 0.29) is 0 Å². The molecule has 0 aliphatic heterocycles. The van der Waals surface area contributed by atoms with Crippen molar-refractivity contribution in [3.05, 3.63) is 0 Å². The first-order valence-corrected chi connectivity index (χ1v) is 5.24. The van der Waals surface area contributed by atoms with Crippen molar-refractivity contribution >= 4 is 11.6 Å². The predicted molar refractivity (Wildman–Crippen MR) is 53.7 cm³/mol. The molecule has 0 saturated carbocycles. The van der Waals surface area contributed by atoms with Crippen molar-refractivity contribution in [3.63, 3.8) is 0 Å². The Morgan fingerprint density at radius 1 is 0.846 bits per heavy atom. The highest BCUT2D eigenvalue weighted by Gasteiger charge is 2.01. The molecule has 0 aromatic carbocycles. The Morgan fingerprint density at radius 2 is 1.38 bits per heavy atom. The number of unbranched alkanes of at least 4 members (excludes halogenated alkanes) is 1. The molecule has 0 bridgehead atoms. The van der Waals surface area contributed by atoms with Gasteiger partial charge >= 0.3 is 0 Å². The van der Waals surface area contributed by atoms with E-state index in [1.807, 2.05) is 13.8 Å². The molecule has 0 radical (unpaired) electrons. The normalized spacial score (nSPS) is 10.0. The van der Waals surface area contributed by atoms with Crippen molar-refractivity contribution in [2.75, 3.05) is 0 Å². The molecule has 76 valence electrons. The van der Waals surface area contributed by atoms with Gasteiger partial charge in [0.1, 0.15) is 11.6 Å². The molecule has 0 unspecified atom stereocenters. The summed E-state index contributed by atoms with van der Waals surface area (Å²) in [6, 6.07) is 0. The number of carbonyl (C=O) groups excluding carboxylic acids is 2. The van der Waals surface area contributed by atoms with Crippen LogP contribution in [0.1, 0.15) is 58.8 Å². The summed E-state index contributed by atoms with van der Waals surface area (Å²) in [4.78, 5) is 22.0. The third kappa shape index (κ3) is 7.69. The van der Waals surface area contributed by atoms with Crippen LogP contribution in [0, 0.1) is 0 Å². The van der Waals surface area contributed by atoms with Gasteiger partial charge in [-0.1, -0.05) is 13.8 Å². The zero-order chi connectivity index (χ0) is 10.1. The predicted octanol–water partition coefficient (Wildman–Crippen LogP) is 2.90. The summed E-state index contributed by atoms with van der Waals surface area (Å²) in [6.07, 6.45) is 5.32. The van der Waals surface area contributed by atoms with Gasteiger partial charge in [-0.2, -0.15) is 0 Å². The van der Waals surface area contributed by atoms with E-state index in [0.717, 1.165) is 19.3 Å². The van der Waals surface area contributed by atoms with Crippen LogP contribution in [-0.2, 0) is 9.59 Å². The maximum absolute atomic E-state index is 11.1. The monoisotopic (exact) mass is 184 g/mol. The molecule has 0 fully saturated rings. The smallest absolute Gasteiger partial charge is 0.132 e. The summed E-state index contributed by atoms with van der Waals surface area (Å²) in [6.45, 7) is 3.89. The lowest BCUT2D eigenvalue weighted by atomic mass is 10.1. The van der Waals surface area contributed by atoms with Crippen molar-refractivity contribution in [2.45, 2.75) is 58.8 Å². The molecule has 0 atom stereocenters. The van der Waals surface area contributed by atoms with Gasteiger partial charge in [-0.3, -0.25) is 9.59 Å². The molecule has 0 aromatic rings. The molecule has 2 heteroatoms. The summed E-state index contributed by atoms with van der Waals surface area (Å²) in [7, 11) is 0. The summed E-state index contributed by atoms with van der Waals surface area (Å²) in [5.41, 5.74) is 0. The lowest BCUT2D eigenvalue weighted by Gasteiger charge is -1.98. The molecule has 2 nitrogen and oxygen atoms in total. The minimum Gasteiger partial charge on any atom is -0.300 e. The highest BCUT2D eigenvalue weighted by Crippen LogP contribution is 2.05. The van der Waals surface area contributed by atoms with E-state index in [1.165, 1.54) is 0 Å². The van der Waals surface area contributed by atoms with Crippen LogP contribution in [0.5, 0.6) is 0 Å². The lowest BCUT2D eigenvalue weighted by molar-refractivity contribution is -0.120. The summed E-state index contributed by atoms with van der Waals surface area (Å²) in [5.74, 6) is 0.648. The molecule has 0 rings (SSSR count). The van der Waals surface area contributed by atoms with Crippen LogP contribution in [0.4, 0.5) is 0 Å². The van der Waals surface area contributed by atoms with Crippen LogP contribution >= 0.6 is 0 Å². The van der Waals surface area contributed by atoms with Gasteiger partial charge in [0.2, 0.25) is 0 Å². The van der Waals surface area contributed by atoms with Crippen LogP contribution < -0.4 is 0 Å². The second-order valence-electron chi connectivity index (χ2n) is 3.39. The Labute approximate surface area is 80.7 Å². The number of hydrogen-bond donors (Lipinski definition) is 0. The average Bonchev–Trinajstić information content (AvgIpc) is 2.12. The van der Waals surface area contributed by atoms with Crippen LogP contribution in [0.3, 0.4) is 0 Å². The van der Waals surface area contributed by atoms with Crippen LogP contribution in [0.25, 0.3) is 0 Å². The molecule has 0 saturated heterocycles. The van der Waals surface area contributed by atoms with E-state index in [4.69, 9.17) is 0 Å². The van der Waals surface area contributed by atoms with E-state index >= 15 is 0 Å². The molecule has 13 heavy (non-hydrogen) atoms. The highest BCUT2D eigenvalue weighted by atomic mass is 16.1. The van der Waals surface area contributed by atoms with Crippen molar-refractivity contribution in [1.82, 2.24) is 0 Å². The van der Waals surface area contributed by atoms with Gasteiger partial charge in [0.05, 0.1) is 0 Å². The van der Waals surface area contributed by atoms with E-state index in [0.29, 0.717) is 37.2 Å². The maximum Gasteiger partial charge on any atom is 0.132 e. The molecule has 0 amide bonds. The molecule has 0 aromatic heterocycles. The number of ketones is 2. The quantitative estimate of drug-likeness (QED) is 0.543. The van der Waals surface area contributed by atoms with Gasteiger partial charge in [0.25, 0.3) is 0 Å². The molecule has 0 heterocycles. The Kier molecular flexibility index (Phi) is 7.56. The largest absolute Gasteiger partial charge is 0.300 e. The molecule has 0 N–H and O–H groups in total. The fourth-order valence-electron chi connectivity index (χ4n) is 1.22. The third-order valence-corrected chi connectivity index (χ3v) is 2.08. The van der Waals surface area contributed by atoms with E-state index in [2.05, 4.69) is 0 Å². The Hall–Kier alpha value is -0.660. The Morgan fingerprint density at radius 3 is 1.85 bits per heavy atom. The minimum atomic E-state index is 0.308. The second kappa shape index (κ2) is 7.96. The third-order valence-electron chi connectivity index (χ3n) is 2.08. The van der Waals surface area contributed by atoms with E-state index in [9.17, 15) is 9.59 Å². The first-order chi connectivity index (χ1) is 6.20. The fraction of sp³-hybridized carbons (Fsp3) is 0.818. The van der Waals surface area contributed by atoms with Crippen LogP contribution in [0.15, 0.2) is 0 Å². The number of carbonyl (C=O) groups is 2. The zero-order valence-electron chi connectivity index (χ0n) is 8.77. The van der Waals surface area contributed by atoms with Crippen molar-refractivity contribution < 1.29 is 9.59 Å². The summed E-state index contributed by atoms with van der Waals surface area (Å²) >= 11 is 0. The summed E-state index contributed by atoms with van der Waals surface area (Å²) in [5, 5.41) is 0. The summed E-state index contributed by atoms with van der Waals surface area (Å²) < 4.78 is 0. The Balaban J connectivity index is 3.25. The van der Waals surface area contributed by atoms with E-state index in [1.54, 1.807) is 0 Å². The Bertz CT molecular complexity index is 161. The number of hydrogen-bond acceptors (Lipinski definition) is 2. The number of rotatable bonds is 8. The SMILES string of the molecule is CCCC(=O)CCCCC(=O)CC. The van der Waals surface area contributed by atoms with Gasteiger partial charge in [0.15, 0.2) is 0 Å². The van der Waals surface area contributed by atoms with Gasteiger partial charge in [-0.05, 0) is 19.3 Å². The van der Waals surface area contributed by atoms with Crippen molar-refractivity contribution in [3.8, 4) is 0 Å². The highest BCUT2D eigenvalue weighted by molar-refractivity contribution is 5.79. The maximum atomic E-state index is 11.1. The van der Waals surface area contributed by atoms with Crippen molar-refractivity contribution in [1.29, 1.82) is 0 Å². The lowest BCUT2D eigenvalue weighted by Crippen LogP contribution is -1.98. The average molecular weight is 184 g/mol. The molecule has 0 aliphatic carbocycles. The molecular weight excluding hydrogens is 164 g/mol. The molecular formula is C11H20O2. The van der Waals surface area contributed by atoms with Gasteiger partial charge in [-0.15, -0.1) is 0 Å². The van der Waals surface area contributed by atoms with Gasteiger partial charge in [0, 0.05) is 25.7 Å².